The molecule has 2 aromatic rings. The van der Waals surface area contributed by atoms with Crippen LogP contribution in [0.4, 0.5) is 0 Å². The molecule has 2 aromatic carbocycles. The van der Waals surface area contributed by atoms with Crippen LogP contribution >= 0.6 is 0 Å². The molecule has 1 unspecified atom stereocenters. The van der Waals surface area contributed by atoms with Crippen LogP contribution in [0.25, 0.3) is 0 Å². The third-order valence-corrected chi connectivity index (χ3v) is 3.30. The highest BCUT2D eigenvalue weighted by Gasteiger charge is 2.28. The standard InChI is InChI=1S/C16H14O6/c17-12-6-11(13(18)9-4-2-1-3-5-9)16(15(20)14(12)19)22-8-10-7-21-10/h1-6,10,17,19-20H,7-8H2. The summed E-state index contributed by atoms with van der Waals surface area (Å²) in [6.45, 7) is 0.694. The number of hydrogen-bond donors (Lipinski definition) is 3. The number of carbonyl (C=O) groups is 1. The van der Waals surface area contributed by atoms with Crippen molar-refractivity contribution in [3.8, 4) is 23.0 Å². The number of rotatable bonds is 5. The molecule has 3 rings (SSSR count). The van der Waals surface area contributed by atoms with Gasteiger partial charge in [-0.3, -0.25) is 4.79 Å². The first-order valence-corrected chi connectivity index (χ1v) is 6.70. The van der Waals surface area contributed by atoms with Crippen LogP contribution in [0.15, 0.2) is 36.4 Å². The molecule has 1 aliphatic rings. The van der Waals surface area contributed by atoms with E-state index in [0.29, 0.717) is 12.2 Å². The predicted octanol–water partition coefficient (Wildman–Crippen LogP) is 1.81. The number of phenols is 3. The lowest BCUT2D eigenvalue weighted by Gasteiger charge is -2.14. The summed E-state index contributed by atoms with van der Waals surface area (Å²) in [5, 5.41) is 29.2. The van der Waals surface area contributed by atoms with Gasteiger partial charge in [-0.25, -0.2) is 0 Å². The van der Waals surface area contributed by atoms with Crippen molar-refractivity contribution in [3.63, 3.8) is 0 Å². The molecule has 0 spiro atoms. The molecule has 0 bridgehead atoms. The van der Waals surface area contributed by atoms with E-state index in [0.717, 1.165) is 6.07 Å². The van der Waals surface area contributed by atoms with Crippen LogP contribution in [-0.4, -0.2) is 40.4 Å². The van der Waals surface area contributed by atoms with Gasteiger partial charge < -0.3 is 24.8 Å². The molecule has 0 radical (unpaired) electrons. The summed E-state index contributed by atoms with van der Waals surface area (Å²) in [4.78, 5) is 12.5. The summed E-state index contributed by atoms with van der Waals surface area (Å²) in [6.07, 6.45) is -0.0879. The van der Waals surface area contributed by atoms with Crippen LogP contribution in [0.2, 0.25) is 0 Å². The van der Waals surface area contributed by atoms with Crippen LogP contribution in [0.3, 0.4) is 0 Å². The van der Waals surface area contributed by atoms with Crippen LogP contribution in [-0.2, 0) is 4.74 Å². The van der Waals surface area contributed by atoms with Crippen molar-refractivity contribution in [2.24, 2.45) is 0 Å². The summed E-state index contributed by atoms with van der Waals surface area (Å²) in [6, 6.07) is 9.46. The maximum Gasteiger partial charge on any atom is 0.205 e. The lowest BCUT2D eigenvalue weighted by molar-refractivity contribution is 0.103. The lowest BCUT2D eigenvalue weighted by Crippen LogP contribution is -2.09. The molecule has 0 amide bonds. The van der Waals surface area contributed by atoms with Crippen LogP contribution in [0.1, 0.15) is 15.9 Å². The normalized spacial score (nSPS) is 16.3. The Morgan fingerprint density at radius 3 is 2.50 bits per heavy atom. The molecule has 1 fully saturated rings. The molecule has 0 aliphatic carbocycles. The Bertz CT molecular complexity index is 706. The number of epoxide rings is 1. The van der Waals surface area contributed by atoms with Gasteiger partial charge in [0.2, 0.25) is 11.5 Å². The molecule has 3 N–H and O–H groups in total. The maximum atomic E-state index is 12.5. The Labute approximate surface area is 126 Å². The molecular formula is C16H14O6. The van der Waals surface area contributed by atoms with Gasteiger partial charge in [-0.1, -0.05) is 30.3 Å². The number of ether oxygens (including phenoxy) is 2. The zero-order chi connectivity index (χ0) is 15.7. The highest BCUT2D eigenvalue weighted by Crippen LogP contribution is 2.45. The van der Waals surface area contributed by atoms with Crippen molar-refractivity contribution in [1.29, 1.82) is 0 Å². The van der Waals surface area contributed by atoms with E-state index in [2.05, 4.69) is 0 Å². The smallest absolute Gasteiger partial charge is 0.205 e. The molecule has 0 saturated carbocycles. The van der Waals surface area contributed by atoms with Gasteiger partial charge in [-0.05, 0) is 6.07 Å². The summed E-state index contributed by atoms with van der Waals surface area (Å²) in [7, 11) is 0. The molecule has 1 saturated heterocycles. The Balaban J connectivity index is 2.02. The summed E-state index contributed by atoms with van der Waals surface area (Å²) in [5.74, 6) is -2.58. The summed E-state index contributed by atoms with van der Waals surface area (Å²) >= 11 is 0. The van der Waals surface area contributed by atoms with Gasteiger partial charge in [0.25, 0.3) is 0 Å². The van der Waals surface area contributed by atoms with E-state index < -0.39 is 23.0 Å². The zero-order valence-electron chi connectivity index (χ0n) is 11.5. The van der Waals surface area contributed by atoms with Gasteiger partial charge >= 0.3 is 0 Å². The minimum atomic E-state index is -0.726. The van der Waals surface area contributed by atoms with E-state index in [1.165, 1.54) is 0 Å². The largest absolute Gasteiger partial charge is 0.504 e. The van der Waals surface area contributed by atoms with E-state index >= 15 is 0 Å². The monoisotopic (exact) mass is 302 g/mol. The number of benzene rings is 2. The zero-order valence-corrected chi connectivity index (χ0v) is 11.5. The fraction of sp³-hybridized carbons (Fsp3) is 0.188. The third kappa shape index (κ3) is 2.68. The minimum absolute atomic E-state index is 0.0281. The lowest BCUT2D eigenvalue weighted by atomic mass is 10.0. The van der Waals surface area contributed by atoms with Crippen molar-refractivity contribution in [2.45, 2.75) is 6.10 Å². The maximum absolute atomic E-state index is 12.5. The minimum Gasteiger partial charge on any atom is -0.504 e. The van der Waals surface area contributed by atoms with Crippen molar-refractivity contribution in [2.75, 3.05) is 13.2 Å². The summed E-state index contributed by atoms with van der Waals surface area (Å²) < 4.78 is 10.4. The Morgan fingerprint density at radius 1 is 1.18 bits per heavy atom. The molecule has 22 heavy (non-hydrogen) atoms. The van der Waals surface area contributed by atoms with Crippen LogP contribution in [0.5, 0.6) is 23.0 Å². The van der Waals surface area contributed by atoms with E-state index in [-0.39, 0.29) is 24.0 Å². The number of phenolic OH excluding ortho intramolecular Hbond substituents is 3. The third-order valence-electron chi connectivity index (χ3n) is 3.30. The van der Waals surface area contributed by atoms with Gasteiger partial charge in [0.05, 0.1) is 12.2 Å². The molecule has 6 nitrogen and oxygen atoms in total. The van der Waals surface area contributed by atoms with Crippen molar-refractivity contribution in [1.82, 2.24) is 0 Å². The van der Waals surface area contributed by atoms with Gasteiger partial charge in [0, 0.05) is 5.56 Å². The van der Waals surface area contributed by atoms with Gasteiger partial charge in [-0.15, -0.1) is 0 Å². The van der Waals surface area contributed by atoms with E-state index in [9.17, 15) is 20.1 Å². The average Bonchev–Trinajstić information content (AvgIpc) is 3.36. The second-order valence-corrected chi connectivity index (χ2v) is 4.93. The second-order valence-electron chi connectivity index (χ2n) is 4.93. The first-order chi connectivity index (χ1) is 10.6. The fourth-order valence-corrected chi connectivity index (χ4v) is 2.03. The van der Waals surface area contributed by atoms with Gasteiger partial charge in [-0.2, -0.15) is 0 Å². The van der Waals surface area contributed by atoms with E-state index in [1.54, 1.807) is 30.3 Å². The Kier molecular flexibility index (Phi) is 3.60. The molecule has 0 aromatic heterocycles. The van der Waals surface area contributed by atoms with Gasteiger partial charge in [0.1, 0.15) is 12.7 Å². The summed E-state index contributed by atoms with van der Waals surface area (Å²) in [5.41, 5.74) is 0.346. The van der Waals surface area contributed by atoms with Crippen LogP contribution < -0.4 is 4.74 Å². The Hall–Kier alpha value is -2.73. The number of aromatic hydroxyl groups is 3. The van der Waals surface area contributed by atoms with E-state index in [4.69, 9.17) is 9.47 Å². The highest BCUT2D eigenvalue weighted by molar-refractivity contribution is 6.11. The molecular weight excluding hydrogens is 288 g/mol. The first kappa shape index (κ1) is 14.2. The quantitative estimate of drug-likeness (QED) is 0.442. The molecule has 1 atom stereocenters. The highest BCUT2D eigenvalue weighted by atomic mass is 16.6. The second kappa shape index (κ2) is 5.57. The molecule has 1 heterocycles. The SMILES string of the molecule is O=C(c1ccccc1)c1cc(O)c(O)c(O)c1OCC1CO1. The fourth-order valence-electron chi connectivity index (χ4n) is 2.03. The van der Waals surface area contributed by atoms with Crippen molar-refractivity contribution in [3.05, 3.63) is 47.5 Å². The topological polar surface area (TPSA) is 99.5 Å². The number of ketones is 1. The van der Waals surface area contributed by atoms with Gasteiger partial charge in [0.15, 0.2) is 17.3 Å². The molecule has 114 valence electrons. The van der Waals surface area contributed by atoms with Crippen molar-refractivity contribution < 1.29 is 29.6 Å². The van der Waals surface area contributed by atoms with E-state index in [1.807, 2.05) is 0 Å². The Morgan fingerprint density at radius 2 is 1.86 bits per heavy atom. The van der Waals surface area contributed by atoms with Crippen LogP contribution in [0, 0.1) is 0 Å². The molecule has 6 heteroatoms. The number of carbonyl (C=O) groups excluding carboxylic acids is 1. The average molecular weight is 302 g/mol. The predicted molar refractivity (Wildman–Crippen MR) is 76.5 cm³/mol. The number of hydrogen-bond acceptors (Lipinski definition) is 6. The first-order valence-electron chi connectivity index (χ1n) is 6.70. The molecule has 1 aliphatic heterocycles. The van der Waals surface area contributed by atoms with Crippen molar-refractivity contribution >= 4 is 5.78 Å².